The van der Waals surface area contributed by atoms with Crippen molar-refractivity contribution in [2.24, 2.45) is 0 Å². The van der Waals surface area contributed by atoms with Gasteiger partial charge in [-0.1, -0.05) is 0 Å². The molecule has 0 aliphatic carbocycles. The highest BCUT2D eigenvalue weighted by Gasteiger charge is 2.36. The Kier molecular flexibility index (Phi) is 5.05. The van der Waals surface area contributed by atoms with Gasteiger partial charge in [0.05, 0.1) is 12.7 Å². The molecule has 6 nitrogen and oxygen atoms in total. The minimum atomic E-state index is -1.23. The standard InChI is InChI=1S/C10H15FN2O4/c1-13(3-2-9(16)12-6-15)10-8(11)4-7(5-14)17-10/h2-3,6-8,10,14H,4-5H2,1H3,(H,12,15,16)/b3-2-. The Hall–Kier alpha value is -1.47. The zero-order valence-corrected chi connectivity index (χ0v) is 9.38. The molecule has 1 aliphatic heterocycles. The van der Waals surface area contributed by atoms with E-state index >= 15 is 0 Å². The second-order valence-electron chi connectivity index (χ2n) is 3.69. The number of nitrogens with zero attached hydrogens (tertiary/aromatic N) is 1. The molecular formula is C10H15FN2O4. The van der Waals surface area contributed by atoms with Gasteiger partial charge in [0.2, 0.25) is 6.41 Å². The van der Waals surface area contributed by atoms with Gasteiger partial charge in [0, 0.05) is 25.7 Å². The van der Waals surface area contributed by atoms with Gasteiger partial charge in [-0.15, -0.1) is 0 Å². The van der Waals surface area contributed by atoms with Crippen molar-refractivity contribution in [2.75, 3.05) is 13.7 Å². The molecule has 3 unspecified atom stereocenters. The highest BCUT2D eigenvalue weighted by atomic mass is 19.1. The maximum atomic E-state index is 13.5. The lowest BCUT2D eigenvalue weighted by molar-refractivity contribution is -0.121. The second-order valence-corrected chi connectivity index (χ2v) is 3.69. The smallest absolute Gasteiger partial charge is 0.251 e. The van der Waals surface area contributed by atoms with Gasteiger partial charge in [-0.3, -0.25) is 14.9 Å². The zero-order chi connectivity index (χ0) is 12.8. The number of halogens is 1. The van der Waals surface area contributed by atoms with Crippen LogP contribution >= 0.6 is 0 Å². The Labute approximate surface area is 98.0 Å². The van der Waals surface area contributed by atoms with Gasteiger partial charge in [-0.25, -0.2) is 4.39 Å². The minimum absolute atomic E-state index is 0.125. The second kappa shape index (κ2) is 6.31. The van der Waals surface area contributed by atoms with Crippen LogP contribution in [0.1, 0.15) is 6.42 Å². The summed E-state index contributed by atoms with van der Waals surface area (Å²) in [6.07, 6.45) is 0.225. The van der Waals surface area contributed by atoms with E-state index in [2.05, 4.69) is 0 Å². The fourth-order valence-corrected chi connectivity index (χ4v) is 1.55. The fourth-order valence-electron chi connectivity index (χ4n) is 1.55. The van der Waals surface area contributed by atoms with Crippen molar-refractivity contribution in [1.82, 2.24) is 10.2 Å². The van der Waals surface area contributed by atoms with Crippen molar-refractivity contribution in [3.63, 3.8) is 0 Å². The predicted octanol–water partition coefficient (Wildman–Crippen LogP) is -0.850. The molecule has 96 valence electrons. The van der Waals surface area contributed by atoms with Crippen LogP contribution in [-0.2, 0) is 14.3 Å². The van der Waals surface area contributed by atoms with Crippen LogP contribution in [0.4, 0.5) is 4.39 Å². The summed E-state index contributed by atoms with van der Waals surface area (Å²) in [5, 5.41) is 10.8. The van der Waals surface area contributed by atoms with Crippen LogP contribution < -0.4 is 5.32 Å². The highest BCUT2D eigenvalue weighted by molar-refractivity contribution is 5.94. The number of hydrogen-bond donors (Lipinski definition) is 2. The number of carbonyl (C=O) groups is 2. The molecule has 17 heavy (non-hydrogen) atoms. The van der Waals surface area contributed by atoms with E-state index in [-0.39, 0.29) is 19.4 Å². The Morgan fingerprint density at radius 3 is 2.94 bits per heavy atom. The molecule has 1 aliphatic rings. The van der Waals surface area contributed by atoms with Crippen LogP contribution in [0.5, 0.6) is 0 Å². The molecule has 3 atom stereocenters. The van der Waals surface area contributed by atoms with E-state index in [0.29, 0.717) is 0 Å². The van der Waals surface area contributed by atoms with Crippen molar-refractivity contribution >= 4 is 12.3 Å². The molecule has 2 N–H and O–H groups in total. The Morgan fingerprint density at radius 2 is 2.41 bits per heavy atom. The van der Waals surface area contributed by atoms with E-state index in [1.54, 1.807) is 7.05 Å². The summed E-state index contributed by atoms with van der Waals surface area (Å²) >= 11 is 0. The first kappa shape index (κ1) is 13.6. The third-order valence-corrected chi connectivity index (χ3v) is 2.40. The lowest BCUT2D eigenvalue weighted by atomic mass is 10.2. The molecule has 1 heterocycles. The lowest BCUT2D eigenvalue weighted by Crippen LogP contribution is -2.34. The molecule has 0 spiro atoms. The van der Waals surface area contributed by atoms with E-state index in [1.807, 2.05) is 5.32 Å². The summed E-state index contributed by atoms with van der Waals surface area (Å²) in [5.74, 6) is -0.598. The number of alkyl halides is 1. The van der Waals surface area contributed by atoms with Crippen molar-refractivity contribution in [3.8, 4) is 0 Å². The molecule has 1 saturated heterocycles. The van der Waals surface area contributed by atoms with Crippen LogP contribution in [0.25, 0.3) is 0 Å². The van der Waals surface area contributed by atoms with Crippen LogP contribution in [-0.4, -0.2) is 54.5 Å². The summed E-state index contributed by atoms with van der Waals surface area (Å²) in [4.78, 5) is 22.3. The lowest BCUT2D eigenvalue weighted by Gasteiger charge is -2.23. The highest BCUT2D eigenvalue weighted by Crippen LogP contribution is 2.25. The minimum Gasteiger partial charge on any atom is -0.394 e. The van der Waals surface area contributed by atoms with Crippen molar-refractivity contribution in [2.45, 2.75) is 24.9 Å². The molecule has 1 fully saturated rings. The third-order valence-electron chi connectivity index (χ3n) is 2.40. The average Bonchev–Trinajstić information content (AvgIpc) is 2.68. The van der Waals surface area contributed by atoms with Gasteiger partial charge in [-0.05, 0) is 0 Å². The Morgan fingerprint density at radius 1 is 1.71 bits per heavy atom. The largest absolute Gasteiger partial charge is 0.394 e. The molecule has 0 aromatic carbocycles. The SMILES string of the molecule is CN(/C=C\C(=O)NC=O)C1OC(CO)CC1F. The summed E-state index contributed by atoms with van der Waals surface area (Å²) in [6, 6.07) is 0. The van der Waals surface area contributed by atoms with Crippen molar-refractivity contribution < 1.29 is 23.8 Å². The van der Waals surface area contributed by atoms with E-state index in [0.717, 1.165) is 6.08 Å². The van der Waals surface area contributed by atoms with Crippen LogP contribution in [0.2, 0.25) is 0 Å². The van der Waals surface area contributed by atoms with Crippen LogP contribution in [0, 0.1) is 0 Å². The van der Waals surface area contributed by atoms with Crippen LogP contribution in [0.15, 0.2) is 12.3 Å². The predicted molar refractivity (Wildman–Crippen MR) is 56.4 cm³/mol. The number of imide groups is 1. The normalized spacial score (nSPS) is 28.3. The molecule has 7 heteroatoms. The summed E-state index contributed by atoms with van der Waals surface area (Å²) in [6.45, 7) is -0.236. The molecule has 1 rings (SSSR count). The quantitative estimate of drug-likeness (QED) is 0.488. The van der Waals surface area contributed by atoms with Crippen LogP contribution in [0.3, 0.4) is 0 Å². The number of aliphatic hydroxyl groups excluding tert-OH is 1. The maximum Gasteiger partial charge on any atom is 0.251 e. The number of hydrogen-bond acceptors (Lipinski definition) is 5. The number of amides is 2. The number of ether oxygens (including phenoxy) is 1. The Bertz CT molecular complexity index is 311. The third kappa shape index (κ3) is 3.79. The van der Waals surface area contributed by atoms with E-state index in [9.17, 15) is 14.0 Å². The monoisotopic (exact) mass is 246 g/mol. The molecule has 0 bridgehead atoms. The molecule has 0 radical (unpaired) electrons. The zero-order valence-electron chi connectivity index (χ0n) is 9.38. The summed E-state index contributed by atoms with van der Waals surface area (Å²) in [5.41, 5.74) is 0. The number of aliphatic hydroxyl groups is 1. The average molecular weight is 246 g/mol. The molecular weight excluding hydrogens is 231 g/mol. The van der Waals surface area contributed by atoms with Gasteiger partial charge in [-0.2, -0.15) is 0 Å². The summed E-state index contributed by atoms with van der Waals surface area (Å²) in [7, 11) is 1.54. The van der Waals surface area contributed by atoms with E-state index in [4.69, 9.17) is 9.84 Å². The first-order chi connectivity index (χ1) is 8.08. The van der Waals surface area contributed by atoms with Gasteiger partial charge in [0.15, 0.2) is 6.23 Å². The van der Waals surface area contributed by atoms with E-state index in [1.165, 1.54) is 11.1 Å². The Balaban J connectivity index is 2.50. The number of carbonyl (C=O) groups excluding carboxylic acids is 2. The maximum absolute atomic E-state index is 13.5. The van der Waals surface area contributed by atoms with Gasteiger partial charge in [0.1, 0.15) is 6.17 Å². The topological polar surface area (TPSA) is 78.9 Å². The fraction of sp³-hybridized carbons (Fsp3) is 0.600. The van der Waals surface area contributed by atoms with Gasteiger partial charge < -0.3 is 14.7 Å². The van der Waals surface area contributed by atoms with Gasteiger partial charge >= 0.3 is 0 Å². The number of rotatable bonds is 5. The molecule has 0 aromatic heterocycles. The first-order valence-corrected chi connectivity index (χ1v) is 5.13. The van der Waals surface area contributed by atoms with Crippen molar-refractivity contribution in [3.05, 3.63) is 12.3 Å². The summed E-state index contributed by atoms with van der Waals surface area (Å²) < 4.78 is 18.7. The first-order valence-electron chi connectivity index (χ1n) is 5.13. The van der Waals surface area contributed by atoms with Gasteiger partial charge in [0.25, 0.3) is 5.91 Å². The molecule has 2 amide bonds. The van der Waals surface area contributed by atoms with Crippen molar-refractivity contribution in [1.29, 1.82) is 0 Å². The molecule has 0 aromatic rings. The number of nitrogens with one attached hydrogen (secondary N) is 1. The molecule has 0 saturated carbocycles. The van der Waals surface area contributed by atoms with E-state index < -0.39 is 24.4 Å².